The van der Waals surface area contributed by atoms with Gasteiger partial charge in [0.1, 0.15) is 17.8 Å². The topological polar surface area (TPSA) is 102 Å². The van der Waals surface area contributed by atoms with E-state index in [1.54, 1.807) is 0 Å². The molecule has 1 aromatic rings. The van der Waals surface area contributed by atoms with Crippen LogP contribution in [-0.4, -0.2) is 53.4 Å². The summed E-state index contributed by atoms with van der Waals surface area (Å²) in [4.78, 5) is 49.9. The van der Waals surface area contributed by atoms with Crippen LogP contribution in [0, 0.1) is 0 Å². The van der Waals surface area contributed by atoms with Crippen LogP contribution in [0.5, 0.6) is 5.75 Å². The van der Waals surface area contributed by atoms with Crippen LogP contribution in [0.3, 0.4) is 0 Å². The highest BCUT2D eigenvalue weighted by molar-refractivity contribution is 6.09. The van der Waals surface area contributed by atoms with Crippen LogP contribution < -0.4 is 10.1 Å². The van der Waals surface area contributed by atoms with Gasteiger partial charge in [-0.15, -0.1) is 0 Å². The normalized spacial score (nSPS) is 18.8. The molecule has 1 N–H and O–H groups in total. The Morgan fingerprint density at radius 3 is 2.38 bits per heavy atom. The number of amides is 3. The molecule has 29 heavy (non-hydrogen) atoms. The maximum Gasteiger partial charge on any atom is 0.387 e. The molecule has 8 nitrogen and oxygen atoms in total. The highest BCUT2D eigenvalue weighted by atomic mass is 19.3. The number of benzene rings is 1. The third-order valence-electron chi connectivity index (χ3n) is 5.03. The number of hydrogen-bond acceptors (Lipinski definition) is 6. The number of ether oxygens (including phenoxy) is 2. The average Bonchev–Trinajstić information content (AvgIpc) is 3.22. The van der Waals surface area contributed by atoms with Crippen molar-refractivity contribution >= 4 is 23.7 Å². The van der Waals surface area contributed by atoms with E-state index in [9.17, 15) is 28.0 Å². The number of hydrogen-bond donors (Lipinski definition) is 1. The van der Waals surface area contributed by atoms with E-state index in [-0.39, 0.29) is 11.3 Å². The molecule has 1 aliphatic heterocycles. The number of carbonyl (C=O) groups excluding carboxylic acids is 4. The number of carbonyl (C=O) groups is 4. The van der Waals surface area contributed by atoms with Crippen LogP contribution in [-0.2, 0) is 14.3 Å². The fourth-order valence-electron chi connectivity index (χ4n) is 3.59. The lowest BCUT2D eigenvalue weighted by Gasteiger charge is -2.20. The predicted molar refractivity (Wildman–Crippen MR) is 94.4 cm³/mol. The zero-order valence-electron chi connectivity index (χ0n) is 15.7. The summed E-state index contributed by atoms with van der Waals surface area (Å²) in [5, 5.41) is 2.65. The Labute approximate surface area is 165 Å². The van der Waals surface area contributed by atoms with Crippen molar-refractivity contribution in [2.75, 3.05) is 6.54 Å². The van der Waals surface area contributed by atoms with Crippen molar-refractivity contribution in [3.05, 3.63) is 29.8 Å². The van der Waals surface area contributed by atoms with Crippen molar-refractivity contribution in [2.45, 2.75) is 50.9 Å². The molecule has 0 radical (unpaired) electrons. The minimum Gasteiger partial charge on any atom is -0.453 e. The maximum absolute atomic E-state index is 12.5. The summed E-state index contributed by atoms with van der Waals surface area (Å²) in [6.45, 7) is -2.23. The highest BCUT2D eigenvalue weighted by Gasteiger charge is 2.52. The number of urea groups is 1. The van der Waals surface area contributed by atoms with Gasteiger partial charge in [-0.1, -0.05) is 12.8 Å². The number of esters is 1. The van der Waals surface area contributed by atoms with Gasteiger partial charge in [-0.2, -0.15) is 8.78 Å². The molecule has 156 valence electrons. The summed E-state index contributed by atoms with van der Waals surface area (Å²) in [6.07, 6.45) is 1.51. The molecule has 1 saturated carbocycles. The quantitative estimate of drug-likeness (QED) is 0.420. The molecule has 0 aromatic heterocycles. The van der Waals surface area contributed by atoms with E-state index in [0.29, 0.717) is 12.8 Å². The minimum atomic E-state index is -2.98. The molecule has 10 heteroatoms. The number of nitrogens with zero attached hydrogens (tertiary/aromatic N) is 1. The van der Waals surface area contributed by atoms with E-state index in [2.05, 4.69) is 10.1 Å². The third-order valence-corrected chi connectivity index (χ3v) is 5.03. The molecule has 1 heterocycles. The number of rotatable bonds is 7. The summed E-state index contributed by atoms with van der Waals surface area (Å²) < 4.78 is 33.6. The van der Waals surface area contributed by atoms with Crippen LogP contribution in [0.25, 0.3) is 0 Å². The monoisotopic (exact) mass is 410 g/mol. The third kappa shape index (κ3) is 4.36. The second kappa shape index (κ2) is 8.14. The van der Waals surface area contributed by atoms with Crippen LogP contribution in [0.2, 0.25) is 0 Å². The van der Waals surface area contributed by atoms with Gasteiger partial charge in [0.05, 0.1) is 0 Å². The summed E-state index contributed by atoms with van der Waals surface area (Å²) in [6, 6.07) is 4.28. The first-order valence-corrected chi connectivity index (χ1v) is 9.14. The minimum absolute atomic E-state index is 0.111. The highest BCUT2D eigenvalue weighted by Crippen LogP contribution is 2.34. The first-order chi connectivity index (χ1) is 13.7. The van der Waals surface area contributed by atoms with Gasteiger partial charge in [-0.25, -0.2) is 4.79 Å². The predicted octanol–water partition coefficient (Wildman–Crippen LogP) is 2.27. The van der Waals surface area contributed by atoms with Crippen LogP contribution in [0.4, 0.5) is 13.6 Å². The number of Topliss-reactive ketones (excluding diaryl/α,β-unsaturated/α-hetero) is 1. The molecule has 1 aromatic carbocycles. The van der Waals surface area contributed by atoms with Crippen molar-refractivity contribution in [3.63, 3.8) is 0 Å². The van der Waals surface area contributed by atoms with Crippen LogP contribution in [0.15, 0.2) is 24.3 Å². The van der Waals surface area contributed by atoms with E-state index in [4.69, 9.17) is 4.74 Å². The fraction of sp³-hybridized carbons (Fsp3) is 0.474. The molecule has 0 unspecified atom stereocenters. The van der Waals surface area contributed by atoms with E-state index >= 15 is 0 Å². The van der Waals surface area contributed by atoms with Gasteiger partial charge in [0.2, 0.25) is 5.78 Å². The van der Waals surface area contributed by atoms with E-state index < -0.39 is 48.5 Å². The Morgan fingerprint density at radius 1 is 1.17 bits per heavy atom. The van der Waals surface area contributed by atoms with E-state index in [0.717, 1.165) is 17.7 Å². The Balaban J connectivity index is 1.57. The molecule has 2 aliphatic rings. The number of nitrogens with one attached hydrogen (secondary N) is 1. The SMILES string of the molecule is C[C@@H](OC(=O)CN1C(=O)NC2(CCCC2)C1=O)C(=O)c1ccc(OC(F)F)cc1. The molecule has 3 rings (SSSR count). The molecule has 1 spiro atoms. The van der Waals surface area contributed by atoms with Gasteiger partial charge < -0.3 is 14.8 Å². The van der Waals surface area contributed by atoms with Crippen molar-refractivity contribution in [3.8, 4) is 5.75 Å². The molecular weight excluding hydrogens is 390 g/mol. The number of halogens is 2. The van der Waals surface area contributed by atoms with Crippen molar-refractivity contribution < 1.29 is 37.4 Å². The lowest BCUT2D eigenvalue weighted by Crippen LogP contribution is -2.44. The number of ketones is 1. The molecule has 1 saturated heterocycles. The largest absolute Gasteiger partial charge is 0.453 e. The van der Waals surface area contributed by atoms with E-state index in [1.165, 1.54) is 31.2 Å². The Kier molecular flexibility index (Phi) is 5.81. The van der Waals surface area contributed by atoms with Crippen molar-refractivity contribution in [1.82, 2.24) is 10.2 Å². The first kappa shape index (κ1) is 20.7. The van der Waals surface area contributed by atoms with Gasteiger partial charge in [0, 0.05) is 5.56 Å². The first-order valence-electron chi connectivity index (χ1n) is 9.14. The molecular formula is C19H20F2N2O6. The lowest BCUT2D eigenvalue weighted by molar-refractivity contribution is -0.149. The second-order valence-corrected chi connectivity index (χ2v) is 7.01. The fourth-order valence-corrected chi connectivity index (χ4v) is 3.59. The Hall–Kier alpha value is -3.04. The van der Waals surface area contributed by atoms with Gasteiger partial charge in [-0.3, -0.25) is 19.3 Å². The zero-order chi connectivity index (χ0) is 21.2. The standard InChI is InChI=1S/C19H20F2N2O6/c1-11(15(25)12-4-6-13(7-5-12)29-17(20)21)28-14(24)10-23-16(26)19(22-18(23)27)8-2-3-9-19/h4-7,11,17H,2-3,8-10H2,1H3,(H,22,27)/t11-/m1/s1. The van der Waals surface area contributed by atoms with Gasteiger partial charge in [0.15, 0.2) is 6.10 Å². The lowest BCUT2D eigenvalue weighted by atomic mass is 9.98. The second-order valence-electron chi connectivity index (χ2n) is 7.01. The summed E-state index contributed by atoms with van der Waals surface area (Å²) in [7, 11) is 0. The van der Waals surface area contributed by atoms with Crippen molar-refractivity contribution in [1.29, 1.82) is 0 Å². The van der Waals surface area contributed by atoms with Gasteiger partial charge >= 0.3 is 18.6 Å². The smallest absolute Gasteiger partial charge is 0.387 e. The Morgan fingerprint density at radius 2 is 1.79 bits per heavy atom. The summed E-state index contributed by atoms with van der Waals surface area (Å²) in [5.41, 5.74) is -0.798. The van der Waals surface area contributed by atoms with Crippen LogP contribution >= 0.6 is 0 Å². The summed E-state index contributed by atoms with van der Waals surface area (Å²) in [5.74, 6) is -2.03. The van der Waals surface area contributed by atoms with E-state index in [1.807, 2.05) is 0 Å². The molecule has 1 atom stereocenters. The van der Waals surface area contributed by atoms with Gasteiger partial charge in [0.25, 0.3) is 5.91 Å². The molecule has 1 aliphatic carbocycles. The number of imide groups is 1. The molecule has 0 bridgehead atoms. The van der Waals surface area contributed by atoms with Gasteiger partial charge in [-0.05, 0) is 44.0 Å². The summed E-state index contributed by atoms with van der Waals surface area (Å²) >= 11 is 0. The Bertz CT molecular complexity index is 820. The number of alkyl halides is 2. The van der Waals surface area contributed by atoms with Crippen LogP contribution in [0.1, 0.15) is 43.0 Å². The molecule has 3 amide bonds. The maximum atomic E-state index is 12.5. The van der Waals surface area contributed by atoms with Crippen molar-refractivity contribution in [2.24, 2.45) is 0 Å². The molecule has 2 fully saturated rings. The average molecular weight is 410 g/mol. The zero-order valence-corrected chi connectivity index (χ0v) is 15.7.